The number of aryl methyl sites for hydroxylation is 1. The number of pyridine rings is 1. The molecule has 0 saturated heterocycles. The number of nitrogens with one attached hydrogen (secondary N) is 1. The Balaban J connectivity index is 1.40. The van der Waals surface area contributed by atoms with Gasteiger partial charge in [-0.2, -0.15) is 15.1 Å². The first-order valence-corrected chi connectivity index (χ1v) is 11.6. The quantitative estimate of drug-likeness (QED) is 0.317. The van der Waals surface area contributed by atoms with Crippen LogP contribution in [0.2, 0.25) is 0 Å². The number of aromatic nitrogens is 1. The number of benzene rings is 2. The molecule has 0 atom stereocenters. The zero-order valence-electron chi connectivity index (χ0n) is 19.3. The van der Waals surface area contributed by atoms with E-state index >= 15 is 0 Å². The van der Waals surface area contributed by atoms with Crippen molar-refractivity contribution in [2.75, 3.05) is 7.11 Å². The minimum Gasteiger partial charge on any atom is -0.493 e. The van der Waals surface area contributed by atoms with E-state index in [1.165, 1.54) is 30.0 Å². The Hall–Kier alpha value is -4.57. The van der Waals surface area contributed by atoms with Crippen LogP contribution >= 0.6 is 11.8 Å². The zero-order valence-corrected chi connectivity index (χ0v) is 20.1. The lowest BCUT2D eigenvalue weighted by Crippen LogP contribution is -2.35. The predicted molar refractivity (Wildman–Crippen MR) is 137 cm³/mol. The van der Waals surface area contributed by atoms with E-state index in [4.69, 9.17) is 14.9 Å². The van der Waals surface area contributed by atoms with Crippen LogP contribution in [-0.2, 0) is 4.79 Å². The minimum absolute atomic E-state index is 0.0714. The van der Waals surface area contributed by atoms with Gasteiger partial charge in [-0.1, -0.05) is 23.8 Å². The van der Waals surface area contributed by atoms with Crippen molar-refractivity contribution >= 4 is 45.8 Å². The highest BCUT2D eigenvalue weighted by Gasteiger charge is 2.36. The fraction of sp³-hybridized carbons (Fsp3) is 0.0769. The number of hydrazone groups is 1. The molecule has 1 amide bonds. The third kappa shape index (κ3) is 4.53. The number of ether oxygens (including phenoxy) is 2. The molecular formula is C26H19N5O4S. The van der Waals surface area contributed by atoms with E-state index < -0.39 is 11.9 Å². The number of amidine groups is 2. The third-order valence-corrected chi connectivity index (χ3v) is 6.28. The van der Waals surface area contributed by atoms with Crippen molar-refractivity contribution in [3.63, 3.8) is 0 Å². The smallest absolute Gasteiger partial charge is 0.343 e. The lowest BCUT2D eigenvalue weighted by Gasteiger charge is -2.20. The van der Waals surface area contributed by atoms with Gasteiger partial charge in [-0.3, -0.25) is 15.2 Å². The number of nitrogens with zero attached hydrogens (tertiary/aromatic N) is 4. The van der Waals surface area contributed by atoms with Crippen LogP contribution in [-0.4, -0.2) is 45.0 Å². The molecule has 1 aromatic heterocycles. The van der Waals surface area contributed by atoms with E-state index in [9.17, 15) is 9.59 Å². The van der Waals surface area contributed by atoms with Crippen LogP contribution in [0.15, 0.2) is 82.7 Å². The van der Waals surface area contributed by atoms with Gasteiger partial charge in [0.05, 0.1) is 18.2 Å². The molecule has 2 aromatic carbocycles. The van der Waals surface area contributed by atoms with Crippen molar-refractivity contribution in [2.45, 2.75) is 6.92 Å². The highest BCUT2D eigenvalue weighted by molar-refractivity contribution is 8.27. The Labute approximate surface area is 210 Å². The van der Waals surface area contributed by atoms with Crippen LogP contribution in [0.5, 0.6) is 11.5 Å². The summed E-state index contributed by atoms with van der Waals surface area (Å²) in [4.78, 5) is 33.5. The Kier molecular flexibility index (Phi) is 6.17. The monoisotopic (exact) mass is 497 g/mol. The molecule has 3 heterocycles. The van der Waals surface area contributed by atoms with Crippen molar-refractivity contribution in [3.05, 3.63) is 94.8 Å². The van der Waals surface area contributed by atoms with Gasteiger partial charge in [0.25, 0.3) is 5.91 Å². The van der Waals surface area contributed by atoms with Crippen molar-refractivity contribution in [2.24, 2.45) is 10.1 Å². The molecule has 0 bridgehead atoms. The highest BCUT2D eigenvalue weighted by atomic mass is 32.2. The number of carbonyl (C=O) groups excluding carboxylic acids is 2. The van der Waals surface area contributed by atoms with Gasteiger partial charge in [0, 0.05) is 18.0 Å². The summed E-state index contributed by atoms with van der Waals surface area (Å²) >= 11 is 1.20. The average Bonchev–Trinajstić information content (AvgIpc) is 3.32. The van der Waals surface area contributed by atoms with Gasteiger partial charge in [0.2, 0.25) is 5.17 Å². The van der Waals surface area contributed by atoms with E-state index in [-0.39, 0.29) is 17.2 Å². The highest BCUT2D eigenvalue weighted by Crippen LogP contribution is 2.33. The Morgan fingerprint density at radius 3 is 2.72 bits per heavy atom. The molecule has 36 heavy (non-hydrogen) atoms. The first-order chi connectivity index (χ1) is 17.4. The summed E-state index contributed by atoms with van der Waals surface area (Å²) < 4.78 is 10.9. The van der Waals surface area contributed by atoms with Gasteiger partial charge in [-0.25, -0.2) is 4.79 Å². The molecule has 10 heteroatoms. The second-order valence-electron chi connectivity index (χ2n) is 7.84. The van der Waals surface area contributed by atoms with Crippen LogP contribution in [0.1, 0.15) is 27.0 Å². The van der Waals surface area contributed by atoms with Crippen LogP contribution in [0.25, 0.3) is 6.08 Å². The number of fused-ring (bicyclic) bond motifs is 1. The molecule has 3 aromatic rings. The lowest BCUT2D eigenvalue weighted by atomic mass is 10.1. The maximum Gasteiger partial charge on any atom is 0.343 e. The molecule has 0 saturated carbocycles. The van der Waals surface area contributed by atoms with Crippen molar-refractivity contribution in [1.82, 2.24) is 9.99 Å². The van der Waals surface area contributed by atoms with Gasteiger partial charge < -0.3 is 9.47 Å². The predicted octanol–water partition coefficient (Wildman–Crippen LogP) is 4.29. The fourth-order valence-electron chi connectivity index (χ4n) is 3.55. The number of thioether (sulfide) groups is 1. The number of aliphatic imine (C=N–C) groups is 1. The fourth-order valence-corrected chi connectivity index (χ4v) is 4.43. The topological polar surface area (TPSA) is 117 Å². The van der Waals surface area contributed by atoms with E-state index in [0.717, 1.165) is 11.1 Å². The molecule has 0 radical (unpaired) electrons. The number of hydrogen-bond donors (Lipinski definition) is 1. The van der Waals surface area contributed by atoms with E-state index in [2.05, 4.69) is 15.1 Å². The summed E-state index contributed by atoms with van der Waals surface area (Å²) in [6.45, 7) is 1.89. The number of rotatable bonds is 5. The largest absolute Gasteiger partial charge is 0.493 e. The normalized spacial score (nSPS) is 15.9. The molecule has 1 N–H and O–H groups in total. The van der Waals surface area contributed by atoms with Gasteiger partial charge in [-0.15, -0.1) is 0 Å². The number of hydrogen-bond acceptors (Lipinski definition) is 8. The molecule has 9 nitrogen and oxygen atoms in total. The number of carbonyl (C=O) groups is 2. The maximum atomic E-state index is 12.7. The first-order valence-electron chi connectivity index (χ1n) is 10.8. The zero-order chi connectivity index (χ0) is 25.2. The summed E-state index contributed by atoms with van der Waals surface area (Å²) in [5.41, 5.74) is 2.77. The number of amides is 1. The maximum absolute atomic E-state index is 12.7. The summed E-state index contributed by atoms with van der Waals surface area (Å²) in [6.07, 6.45) is 4.85. The lowest BCUT2D eigenvalue weighted by molar-refractivity contribution is -0.114. The average molecular weight is 498 g/mol. The van der Waals surface area contributed by atoms with Crippen molar-refractivity contribution in [1.29, 1.82) is 5.41 Å². The van der Waals surface area contributed by atoms with E-state index in [1.54, 1.807) is 54.9 Å². The van der Waals surface area contributed by atoms with E-state index in [0.29, 0.717) is 27.1 Å². The molecule has 5 rings (SSSR count). The Bertz CT molecular complexity index is 1500. The van der Waals surface area contributed by atoms with E-state index in [1.807, 2.05) is 19.1 Å². The molecule has 0 spiro atoms. The molecule has 0 unspecified atom stereocenters. The van der Waals surface area contributed by atoms with Gasteiger partial charge >= 0.3 is 5.97 Å². The van der Waals surface area contributed by atoms with Crippen LogP contribution < -0.4 is 9.47 Å². The second-order valence-corrected chi connectivity index (χ2v) is 8.79. The molecule has 0 aliphatic carbocycles. The summed E-state index contributed by atoms with van der Waals surface area (Å²) in [7, 11) is 1.46. The van der Waals surface area contributed by atoms with Crippen LogP contribution in [0.3, 0.4) is 0 Å². The van der Waals surface area contributed by atoms with Gasteiger partial charge in [-0.05, 0) is 66.7 Å². The molecule has 2 aliphatic rings. The Morgan fingerprint density at radius 1 is 1.11 bits per heavy atom. The van der Waals surface area contributed by atoms with Gasteiger partial charge in [0.15, 0.2) is 17.3 Å². The third-order valence-electron chi connectivity index (χ3n) is 5.32. The molecule has 2 aliphatic heterocycles. The van der Waals surface area contributed by atoms with Crippen molar-refractivity contribution in [3.8, 4) is 11.5 Å². The summed E-state index contributed by atoms with van der Waals surface area (Å²) in [5.74, 6) is -0.611. The SMILES string of the molecule is COc1cc(/C=C2/C(=N)N3N=C(c4cccnc4)SC3=NC2=O)ccc1OC(=O)c1cccc(C)c1. The standard InChI is InChI=1S/C26H19N5O4S/c1-15-5-3-6-17(11-15)25(33)35-20-9-8-16(13-21(20)34-2)12-19-22(27)31-26(29-23(19)32)36-24(30-31)18-7-4-10-28-14-18/h3-14,27H,1-2H3/b19-12-,27-22?. The molecule has 0 fully saturated rings. The number of methoxy groups -OCH3 is 1. The van der Waals surface area contributed by atoms with Crippen LogP contribution in [0.4, 0.5) is 0 Å². The molecular weight excluding hydrogens is 478 g/mol. The first kappa shape index (κ1) is 23.2. The Morgan fingerprint density at radius 2 is 1.97 bits per heavy atom. The van der Waals surface area contributed by atoms with Crippen LogP contribution in [0, 0.1) is 12.3 Å². The number of esters is 1. The second kappa shape index (κ2) is 9.59. The summed E-state index contributed by atoms with van der Waals surface area (Å²) in [5, 5.41) is 15.3. The van der Waals surface area contributed by atoms with Crippen molar-refractivity contribution < 1.29 is 19.1 Å². The van der Waals surface area contributed by atoms with Gasteiger partial charge in [0.1, 0.15) is 5.04 Å². The summed E-state index contributed by atoms with van der Waals surface area (Å²) in [6, 6.07) is 15.6. The minimum atomic E-state index is -0.546. The molecule has 178 valence electrons.